The third-order valence-corrected chi connectivity index (χ3v) is 4.31. The smallest absolute Gasteiger partial charge is 0.335 e. The van der Waals surface area contributed by atoms with E-state index >= 15 is 0 Å². The predicted octanol–water partition coefficient (Wildman–Crippen LogP) is 3.96. The Morgan fingerprint density at radius 3 is 2.52 bits per heavy atom. The summed E-state index contributed by atoms with van der Waals surface area (Å²) in [4.78, 5) is 27.4. The van der Waals surface area contributed by atoms with E-state index in [0.717, 1.165) is 11.1 Å². The number of benzene rings is 2. The molecule has 0 aliphatic carbocycles. The van der Waals surface area contributed by atoms with E-state index in [1.807, 2.05) is 24.3 Å². The first-order chi connectivity index (χ1) is 14.0. The average molecular weight is 405 g/mol. The van der Waals surface area contributed by atoms with Crippen molar-refractivity contribution in [2.24, 2.45) is 0 Å². The molecule has 0 saturated heterocycles. The fourth-order valence-electron chi connectivity index (χ4n) is 2.57. The van der Waals surface area contributed by atoms with Crippen molar-refractivity contribution in [3.63, 3.8) is 0 Å². The van der Waals surface area contributed by atoms with Crippen molar-refractivity contribution in [1.29, 1.82) is 0 Å². The zero-order valence-electron chi connectivity index (χ0n) is 15.4. The van der Waals surface area contributed by atoms with Crippen LogP contribution in [0.2, 0.25) is 5.02 Å². The standard InChI is InChI=1S/C23H17ClN2O3/c24-20-5-1-3-16(13-20)4-2-6-21-14-19(11-12-25-21)22(27)26-15-17-7-9-18(10-8-17)23(28)29/h1,3,5,7-14H,4,15H2,(H,26,27)(H,28,29). The Labute approximate surface area is 173 Å². The molecule has 2 N–H and O–H groups in total. The Kier molecular flexibility index (Phi) is 6.62. The number of carboxylic acid groups (broad SMARTS) is 1. The average Bonchev–Trinajstić information content (AvgIpc) is 2.72. The predicted molar refractivity (Wildman–Crippen MR) is 111 cm³/mol. The van der Waals surface area contributed by atoms with Gasteiger partial charge in [-0.2, -0.15) is 0 Å². The molecule has 0 aliphatic heterocycles. The van der Waals surface area contributed by atoms with Crippen LogP contribution in [0.5, 0.6) is 0 Å². The number of hydrogen-bond donors (Lipinski definition) is 2. The second-order valence-electron chi connectivity index (χ2n) is 6.22. The summed E-state index contributed by atoms with van der Waals surface area (Å²) in [7, 11) is 0. The van der Waals surface area contributed by atoms with Gasteiger partial charge in [-0.25, -0.2) is 9.78 Å². The van der Waals surface area contributed by atoms with Crippen LogP contribution in [0.1, 0.15) is 37.5 Å². The lowest BCUT2D eigenvalue weighted by Gasteiger charge is -2.06. The van der Waals surface area contributed by atoms with Gasteiger partial charge in [-0.1, -0.05) is 41.8 Å². The van der Waals surface area contributed by atoms with E-state index < -0.39 is 5.97 Å². The number of aromatic carboxylic acids is 1. The van der Waals surface area contributed by atoms with E-state index in [1.54, 1.807) is 30.5 Å². The first kappa shape index (κ1) is 20.1. The van der Waals surface area contributed by atoms with Crippen LogP contribution in [-0.4, -0.2) is 22.0 Å². The van der Waals surface area contributed by atoms with E-state index in [4.69, 9.17) is 16.7 Å². The molecular weight excluding hydrogens is 388 g/mol. The highest BCUT2D eigenvalue weighted by Crippen LogP contribution is 2.11. The van der Waals surface area contributed by atoms with Gasteiger partial charge in [-0.05, 0) is 53.4 Å². The summed E-state index contributed by atoms with van der Waals surface area (Å²) in [5.74, 6) is 4.75. The van der Waals surface area contributed by atoms with Gasteiger partial charge < -0.3 is 10.4 Å². The van der Waals surface area contributed by atoms with Crippen molar-refractivity contribution in [2.75, 3.05) is 0 Å². The van der Waals surface area contributed by atoms with Crippen LogP contribution in [0.25, 0.3) is 0 Å². The molecular formula is C23H17ClN2O3. The quantitative estimate of drug-likeness (QED) is 0.631. The zero-order chi connectivity index (χ0) is 20.6. The first-order valence-corrected chi connectivity index (χ1v) is 9.19. The molecule has 144 valence electrons. The molecule has 1 amide bonds. The Hall–Kier alpha value is -3.62. The Bertz CT molecular complexity index is 1100. The van der Waals surface area contributed by atoms with Gasteiger partial charge in [0.15, 0.2) is 0 Å². The highest BCUT2D eigenvalue weighted by molar-refractivity contribution is 6.30. The number of hydrogen-bond acceptors (Lipinski definition) is 3. The third-order valence-electron chi connectivity index (χ3n) is 4.07. The molecule has 0 aliphatic rings. The number of nitrogens with one attached hydrogen (secondary N) is 1. The van der Waals surface area contributed by atoms with Crippen LogP contribution in [0, 0.1) is 11.8 Å². The first-order valence-electron chi connectivity index (χ1n) is 8.81. The van der Waals surface area contributed by atoms with Crippen molar-refractivity contribution >= 4 is 23.5 Å². The number of halogens is 1. The lowest BCUT2D eigenvalue weighted by atomic mass is 10.1. The fraction of sp³-hybridized carbons (Fsp3) is 0.0870. The topological polar surface area (TPSA) is 79.3 Å². The van der Waals surface area contributed by atoms with Gasteiger partial charge in [-0.3, -0.25) is 4.79 Å². The highest BCUT2D eigenvalue weighted by Gasteiger charge is 2.07. The zero-order valence-corrected chi connectivity index (χ0v) is 16.1. The summed E-state index contributed by atoms with van der Waals surface area (Å²) >= 11 is 5.96. The molecule has 6 heteroatoms. The second kappa shape index (κ2) is 9.54. The molecule has 2 aromatic carbocycles. The number of nitrogens with zero attached hydrogens (tertiary/aromatic N) is 1. The molecule has 0 spiro atoms. The minimum absolute atomic E-state index is 0.204. The number of pyridine rings is 1. The lowest BCUT2D eigenvalue weighted by molar-refractivity contribution is 0.0696. The van der Waals surface area contributed by atoms with E-state index in [-0.39, 0.29) is 18.0 Å². The maximum absolute atomic E-state index is 12.4. The number of amides is 1. The van der Waals surface area contributed by atoms with E-state index in [1.165, 1.54) is 12.1 Å². The maximum Gasteiger partial charge on any atom is 0.335 e. The molecule has 1 aromatic heterocycles. The van der Waals surface area contributed by atoms with E-state index in [0.29, 0.717) is 22.7 Å². The van der Waals surface area contributed by atoms with Gasteiger partial charge in [0, 0.05) is 29.7 Å². The largest absolute Gasteiger partial charge is 0.478 e. The van der Waals surface area contributed by atoms with E-state index in [2.05, 4.69) is 22.1 Å². The summed E-state index contributed by atoms with van der Waals surface area (Å²) in [5, 5.41) is 12.4. The van der Waals surface area contributed by atoms with Crippen LogP contribution in [-0.2, 0) is 13.0 Å². The monoisotopic (exact) mass is 404 g/mol. The molecule has 29 heavy (non-hydrogen) atoms. The van der Waals surface area contributed by atoms with Gasteiger partial charge >= 0.3 is 5.97 Å². The van der Waals surface area contributed by atoms with Crippen molar-refractivity contribution in [2.45, 2.75) is 13.0 Å². The van der Waals surface area contributed by atoms with Crippen molar-refractivity contribution in [1.82, 2.24) is 10.3 Å². The summed E-state index contributed by atoms with van der Waals surface area (Å²) in [6.07, 6.45) is 2.07. The Morgan fingerprint density at radius 1 is 1.00 bits per heavy atom. The molecule has 1 heterocycles. The van der Waals surface area contributed by atoms with Gasteiger partial charge in [-0.15, -0.1) is 0 Å². The number of aromatic nitrogens is 1. The summed E-state index contributed by atoms with van der Waals surface area (Å²) in [5.41, 5.74) is 2.97. The Balaban J connectivity index is 1.60. The highest BCUT2D eigenvalue weighted by atomic mass is 35.5. The fourth-order valence-corrected chi connectivity index (χ4v) is 2.79. The van der Waals surface area contributed by atoms with Crippen molar-refractivity contribution in [3.05, 3.63) is 99.8 Å². The Morgan fingerprint density at radius 2 is 1.79 bits per heavy atom. The summed E-state index contributed by atoms with van der Waals surface area (Å²) in [6.45, 7) is 0.289. The van der Waals surface area contributed by atoms with Crippen LogP contribution >= 0.6 is 11.6 Å². The number of carbonyl (C=O) groups is 2. The molecule has 0 bridgehead atoms. The van der Waals surface area contributed by atoms with Gasteiger partial charge in [0.1, 0.15) is 5.69 Å². The van der Waals surface area contributed by atoms with Crippen LogP contribution in [0.3, 0.4) is 0 Å². The van der Waals surface area contributed by atoms with E-state index in [9.17, 15) is 9.59 Å². The van der Waals surface area contributed by atoms with Crippen molar-refractivity contribution in [3.8, 4) is 11.8 Å². The summed E-state index contributed by atoms with van der Waals surface area (Å²) in [6, 6.07) is 17.1. The van der Waals surface area contributed by atoms with Gasteiger partial charge in [0.25, 0.3) is 5.91 Å². The van der Waals surface area contributed by atoms with Crippen LogP contribution < -0.4 is 5.32 Å². The molecule has 5 nitrogen and oxygen atoms in total. The minimum Gasteiger partial charge on any atom is -0.478 e. The number of carbonyl (C=O) groups excluding carboxylic acids is 1. The summed E-state index contributed by atoms with van der Waals surface area (Å²) < 4.78 is 0. The molecule has 3 rings (SSSR count). The number of carboxylic acids is 1. The molecule has 0 saturated carbocycles. The van der Waals surface area contributed by atoms with Crippen molar-refractivity contribution < 1.29 is 14.7 Å². The maximum atomic E-state index is 12.4. The normalized spacial score (nSPS) is 9.97. The molecule has 0 atom stereocenters. The van der Waals surface area contributed by atoms with Crippen LogP contribution in [0.15, 0.2) is 66.9 Å². The lowest BCUT2D eigenvalue weighted by Crippen LogP contribution is -2.23. The SMILES string of the molecule is O=C(O)c1ccc(CNC(=O)c2ccnc(C#CCc3cccc(Cl)c3)c2)cc1. The molecule has 0 unspecified atom stereocenters. The van der Waals surface area contributed by atoms with Crippen LogP contribution in [0.4, 0.5) is 0 Å². The molecule has 0 radical (unpaired) electrons. The number of rotatable bonds is 5. The molecule has 0 fully saturated rings. The van der Waals surface area contributed by atoms with Gasteiger partial charge in [0.2, 0.25) is 0 Å². The van der Waals surface area contributed by atoms with Gasteiger partial charge in [0.05, 0.1) is 5.56 Å². The molecule has 3 aromatic rings. The second-order valence-corrected chi connectivity index (χ2v) is 6.66. The minimum atomic E-state index is -0.985. The third kappa shape index (κ3) is 5.93.